The van der Waals surface area contributed by atoms with Gasteiger partial charge in [-0.25, -0.2) is 9.78 Å². The Morgan fingerprint density at radius 2 is 2.00 bits per heavy atom. The number of ether oxygens (including phenoxy) is 1. The first-order valence-corrected chi connectivity index (χ1v) is 9.89. The van der Waals surface area contributed by atoms with E-state index in [1.165, 1.54) is 10.5 Å². The summed E-state index contributed by atoms with van der Waals surface area (Å²) in [5, 5.41) is 2.67. The quantitative estimate of drug-likeness (QED) is 0.546. The molecule has 1 aliphatic rings. The van der Waals surface area contributed by atoms with Crippen LogP contribution < -0.4 is 10.9 Å². The van der Waals surface area contributed by atoms with Gasteiger partial charge >= 0.3 is 12.0 Å². The molecule has 9 heteroatoms. The van der Waals surface area contributed by atoms with E-state index in [-0.39, 0.29) is 17.9 Å². The van der Waals surface area contributed by atoms with Crippen LogP contribution in [0.3, 0.4) is 0 Å². The number of aryl methyl sites for hydroxylation is 1. The number of nitrogens with one attached hydrogen (secondary N) is 1. The van der Waals surface area contributed by atoms with Crippen LogP contribution in [0.5, 0.6) is 0 Å². The third kappa shape index (κ3) is 4.34. The van der Waals surface area contributed by atoms with Gasteiger partial charge in [0.05, 0.1) is 5.69 Å². The number of pyridine rings is 1. The molecule has 2 aromatic rings. The van der Waals surface area contributed by atoms with Gasteiger partial charge in [-0.15, -0.1) is 0 Å². The first-order chi connectivity index (χ1) is 14.1. The van der Waals surface area contributed by atoms with Gasteiger partial charge in [-0.05, 0) is 44.7 Å². The molecule has 3 heterocycles. The average Bonchev–Trinajstić information content (AvgIpc) is 2.88. The van der Waals surface area contributed by atoms with Gasteiger partial charge in [0.1, 0.15) is 24.3 Å². The van der Waals surface area contributed by atoms with E-state index in [1.54, 1.807) is 32.0 Å². The number of fused-ring (bicyclic) bond motifs is 1. The fraction of sp³-hybridized carbons (Fsp3) is 0.476. The smallest absolute Gasteiger partial charge is 0.326 e. The molecule has 1 N–H and O–H groups in total. The fourth-order valence-corrected chi connectivity index (χ4v) is 3.40. The van der Waals surface area contributed by atoms with Gasteiger partial charge in [0.15, 0.2) is 0 Å². The zero-order valence-corrected chi connectivity index (χ0v) is 17.6. The molecule has 1 fully saturated rings. The van der Waals surface area contributed by atoms with E-state index in [2.05, 4.69) is 10.3 Å². The Morgan fingerprint density at radius 1 is 1.27 bits per heavy atom. The molecule has 2 aromatic heterocycles. The molecule has 3 amide bonds. The Morgan fingerprint density at radius 3 is 2.70 bits per heavy atom. The summed E-state index contributed by atoms with van der Waals surface area (Å²) in [5.41, 5.74) is 0.182. The van der Waals surface area contributed by atoms with Crippen LogP contribution in [0.4, 0.5) is 4.79 Å². The van der Waals surface area contributed by atoms with E-state index in [1.807, 2.05) is 13.8 Å². The van der Waals surface area contributed by atoms with E-state index >= 15 is 0 Å². The number of hydrogen-bond donors (Lipinski definition) is 1. The fourth-order valence-electron chi connectivity index (χ4n) is 3.40. The van der Waals surface area contributed by atoms with Crippen molar-refractivity contribution in [2.45, 2.75) is 52.7 Å². The molecule has 0 aromatic carbocycles. The molecule has 160 valence electrons. The van der Waals surface area contributed by atoms with Crippen molar-refractivity contribution in [2.75, 3.05) is 6.54 Å². The van der Waals surface area contributed by atoms with E-state index in [0.29, 0.717) is 18.0 Å². The Labute approximate surface area is 174 Å². The number of urea groups is 1. The second kappa shape index (κ2) is 8.25. The van der Waals surface area contributed by atoms with Gasteiger partial charge in [-0.3, -0.25) is 23.7 Å². The Hall–Kier alpha value is -3.23. The number of aromatic nitrogens is 2. The Balaban J connectivity index is 1.64. The first-order valence-electron chi connectivity index (χ1n) is 9.89. The third-order valence-electron chi connectivity index (χ3n) is 5.17. The van der Waals surface area contributed by atoms with Crippen LogP contribution in [0.2, 0.25) is 0 Å². The first kappa shape index (κ1) is 21.5. The largest absolute Gasteiger partial charge is 0.458 e. The van der Waals surface area contributed by atoms with Crippen molar-refractivity contribution in [1.29, 1.82) is 0 Å². The second-order valence-electron chi connectivity index (χ2n) is 8.19. The van der Waals surface area contributed by atoms with E-state index < -0.39 is 30.0 Å². The molecule has 1 atom stereocenters. The second-order valence-corrected chi connectivity index (χ2v) is 8.19. The summed E-state index contributed by atoms with van der Waals surface area (Å²) in [6, 6.07) is 5.94. The van der Waals surface area contributed by atoms with Gasteiger partial charge in [-0.1, -0.05) is 19.9 Å². The molecule has 0 saturated carbocycles. The lowest BCUT2D eigenvalue weighted by atomic mass is 9.92. The zero-order chi connectivity index (χ0) is 22.1. The molecule has 0 bridgehead atoms. The summed E-state index contributed by atoms with van der Waals surface area (Å²) in [4.78, 5) is 54.6. The summed E-state index contributed by atoms with van der Waals surface area (Å²) in [5.74, 6) is -0.812. The van der Waals surface area contributed by atoms with E-state index in [0.717, 1.165) is 17.0 Å². The highest BCUT2D eigenvalue weighted by molar-refractivity contribution is 6.08. The predicted molar refractivity (Wildman–Crippen MR) is 109 cm³/mol. The summed E-state index contributed by atoms with van der Waals surface area (Å²) >= 11 is 0. The summed E-state index contributed by atoms with van der Waals surface area (Å²) in [6.45, 7) is 6.81. The number of carbonyl (C=O) groups excluding carboxylic acids is 3. The van der Waals surface area contributed by atoms with Crippen molar-refractivity contribution < 1.29 is 19.1 Å². The monoisotopic (exact) mass is 414 g/mol. The molecule has 1 aliphatic heterocycles. The number of imide groups is 1. The van der Waals surface area contributed by atoms with Crippen LogP contribution in [-0.4, -0.2) is 44.3 Å². The molecule has 9 nitrogen and oxygen atoms in total. The van der Waals surface area contributed by atoms with Crippen molar-refractivity contribution >= 4 is 23.6 Å². The summed E-state index contributed by atoms with van der Waals surface area (Å²) < 4.78 is 6.62. The Kier molecular flexibility index (Phi) is 5.91. The topological polar surface area (TPSA) is 110 Å². The van der Waals surface area contributed by atoms with Crippen LogP contribution in [0.15, 0.2) is 29.1 Å². The number of esters is 1. The van der Waals surface area contributed by atoms with Crippen LogP contribution in [0, 0.1) is 12.8 Å². The molecule has 0 radical (unpaired) electrons. The molecule has 30 heavy (non-hydrogen) atoms. The lowest BCUT2D eigenvalue weighted by Gasteiger charge is -2.22. The van der Waals surface area contributed by atoms with Crippen LogP contribution in [0.1, 0.15) is 45.0 Å². The number of hydrogen-bond acceptors (Lipinski definition) is 6. The van der Waals surface area contributed by atoms with Gasteiger partial charge < -0.3 is 10.1 Å². The van der Waals surface area contributed by atoms with Crippen LogP contribution in [0.25, 0.3) is 5.65 Å². The summed E-state index contributed by atoms with van der Waals surface area (Å²) in [6.07, 6.45) is 1.26. The minimum absolute atomic E-state index is 0.229. The molecule has 1 saturated heterocycles. The van der Waals surface area contributed by atoms with Crippen LogP contribution >= 0.6 is 0 Å². The van der Waals surface area contributed by atoms with Gasteiger partial charge in [0.2, 0.25) is 0 Å². The van der Waals surface area contributed by atoms with E-state index in [4.69, 9.17) is 4.74 Å². The average molecular weight is 414 g/mol. The molecule has 3 rings (SSSR count). The van der Waals surface area contributed by atoms with Gasteiger partial charge in [-0.2, -0.15) is 0 Å². The highest BCUT2D eigenvalue weighted by Crippen LogP contribution is 2.24. The standard InChI is InChI=1S/C21H26N4O5/c1-13(2)8-9-21(4)19(28)24(20(29)23-21)11-18(27)30-12-15-10-17(26)25-14(3)6-5-7-16(25)22-15/h5-7,10,13H,8-9,11-12H2,1-4H3,(H,23,29)/t21-/m1/s1. The predicted octanol–water partition coefficient (Wildman–Crippen LogP) is 1.79. The van der Waals surface area contributed by atoms with Crippen molar-refractivity contribution in [3.8, 4) is 0 Å². The van der Waals surface area contributed by atoms with Gasteiger partial charge in [0.25, 0.3) is 11.5 Å². The number of carbonyl (C=O) groups is 3. The van der Waals surface area contributed by atoms with Crippen molar-refractivity contribution in [1.82, 2.24) is 19.6 Å². The van der Waals surface area contributed by atoms with Crippen LogP contribution in [-0.2, 0) is 20.9 Å². The maximum absolute atomic E-state index is 12.7. The molecule has 0 unspecified atom stereocenters. The van der Waals surface area contributed by atoms with E-state index in [9.17, 15) is 19.2 Å². The highest BCUT2D eigenvalue weighted by atomic mass is 16.5. The normalized spacial score (nSPS) is 18.9. The number of rotatable bonds is 7. The highest BCUT2D eigenvalue weighted by Gasteiger charge is 2.48. The number of amides is 3. The molecular weight excluding hydrogens is 388 g/mol. The molecule has 0 spiro atoms. The minimum atomic E-state index is -1.02. The zero-order valence-electron chi connectivity index (χ0n) is 17.6. The minimum Gasteiger partial charge on any atom is -0.458 e. The van der Waals surface area contributed by atoms with Gasteiger partial charge in [0, 0.05) is 11.8 Å². The Bertz CT molecular complexity index is 1060. The van der Waals surface area contributed by atoms with Crippen molar-refractivity contribution in [3.05, 3.63) is 46.0 Å². The third-order valence-corrected chi connectivity index (χ3v) is 5.17. The molecule has 0 aliphatic carbocycles. The lowest BCUT2D eigenvalue weighted by molar-refractivity contribution is -0.148. The summed E-state index contributed by atoms with van der Waals surface area (Å²) in [7, 11) is 0. The maximum atomic E-state index is 12.7. The van der Waals surface area contributed by atoms with Crippen molar-refractivity contribution in [3.63, 3.8) is 0 Å². The lowest BCUT2D eigenvalue weighted by Crippen LogP contribution is -2.44. The van der Waals surface area contributed by atoms with Crippen molar-refractivity contribution in [2.24, 2.45) is 5.92 Å². The number of nitrogens with zero attached hydrogens (tertiary/aromatic N) is 3. The maximum Gasteiger partial charge on any atom is 0.326 e. The molecular formula is C21H26N4O5. The SMILES string of the molecule is Cc1cccc2nc(COC(=O)CN3C(=O)N[C@](C)(CCC(C)C)C3=O)cc(=O)n12.